The molecule has 1 unspecified atom stereocenters. The van der Waals surface area contributed by atoms with E-state index < -0.39 is 0 Å². The zero-order chi connectivity index (χ0) is 20.9. The summed E-state index contributed by atoms with van der Waals surface area (Å²) in [5, 5.41) is 3.46. The number of likely N-dealkylation sites (tertiary alicyclic amines) is 1. The van der Waals surface area contributed by atoms with E-state index in [2.05, 4.69) is 36.2 Å². The second-order valence-electron chi connectivity index (χ2n) is 7.60. The Hall–Kier alpha value is -1.06. The average molecular weight is 533 g/mol. The van der Waals surface area contributed by atoms with Crippen LogP contribution >= 0.6 is 24.0 Å². The third kappa shape index (κ3) is 9.39. The largest absolute Gasteiger partial charge is 0.497 e. The Morgan fingerprint density at radius 2 is 1.87 bits per heavy atom. The van der Waals surface area contributed by atoms with E-state index in [1.54, 1.807) is 14.2 Å². The predicted molar refractivity (Wildman–Crippen MR) is 134 cm³/mol. The molecule has 1 aromatic carbocycles. The number of ether oxygens (including phenoxy) is 3. The molecule has 1 fully saturated rings. The van der Waals surface area contributed by atoms with Crippen LogP contribution < -0.4 is 10.1 Å². The summed E-state index contributed by atoms with van der Waals surface area (Å²) in [7, 11) is 3.43. The maximum atomic E-state index is 5.98. The van der Waals surface area contributed by atoms with Gasteiger partial charge in [0, 0.05) is 46.5 Å². The lowest BCUT2D eigenvalue weighted by molar-refractivity contribution is 0.00990. The molecule has 0 spiro atoms. The minimum Gasteiger partial charge on any atom is -0.497 e. The van der Waals surface area contributed by atoms with Gasteiger partial charge in [0.15, 0.2) is 5.96 Å². The maximum Gasteiger partial charge on any atom is 0.193 e. The quantitative estimate of drug-likeness (QED) is 0.199. The summed E-state index contributed by atoms with van der Waals surface area (Å²) in [6, 6.07) is 8.35. The van der Waals surface area contributed by atoms with E-state index in [9.17, 15) is 0 Å². The van der Waals surface area contributed by atoms with Crippen LogP contribution in [0.15, 0.2) is 29.3 Å². The Morgan fingerprint density at radius 3 is 2.47 bits per heavy atom. The van der Waals surface area contributed by atoms with E-state index in [0.29, 0.717) is 12.0 Å². The summed E-state index contributed by atoms with van der Waals surface area (Å²) in [6.45, 7) is 9.64. The molecule has 1 N–H and O–H groups in total. The van der Waals surface area contributed by atoms with Gasteiger partial charge in [-0.05, 0) is 56.2 Å². The molecule has 1 aliphatic rings. The Labute approximate surface area is 199 Å². The van der Waals surface area contributed by atoms with Crippen molar-refractivity contribution in [3.05, 3.63) is 29.8 Å². The van der Waals surface area contributed by atoms with Gasteiger partial charge in [-0.2, -0.15) is 0 Å². The van der Waals surface area contributed by atoms with Crippen molar-refractivity contribution in [1.29, 1.82) is 0 Å². The number of halogens is 1. The fourth-order valence-electron chi connectivity index (χ4n) is 3.58. The van der Waals surface area contributed by atoms with Crippen molar-refractivity contribution in [2.75, 3.05) is 53.6 Å². The van der Waals surface area contributed by atoms with Crippen LogP contribution in [0.1, 0.15) is 51.0 Å². The number of rotatable bonds is 11. The second-order valence-corrected chi connectivity index (χ2v) is 7.60. The zero-order valence-corrected chi connectivity index (χ0v) is 21.4. The van der Waals surface area contributed by atoms with Gasteiger partial charge >= 0.3 is 0 Å². The molecular weight excluding hydrogens is 493 g/mol. The maximum absolute atomic E-state index is 5.98. The van der Waals surface area contributed by atoms with E-state index in [-0.39, 0.29) is 24.0 Å². The normalized spacial score (nSPS) is 16.1. The Balaban J connectivity index is 0.00000450. The van der Waals surface area contributed by atoms with Crippen molar-refractivity contribution < 1.29 is 14.2 Å². The molecule has 0 aliphatic carbocycles. The molecule has 30 heavy (non-hydrogen) atoms. The van der Waals surface area contributed by atoms with Crippen LogP contribution in [0.4, 0.5) is 0 Å². The van der Waals surface area contributed by atoms with Crippen molar-refractivity contribution in [3.8, 4) is 5.75 Å². The van der Waals surface area contributed by atoms with Crippen molar-refractivity contribution in [2.24, 2.45) is 4.99 Å². The minimum atomic E-state index is 0. The Kier molecular flexibility index (Phi) is 14.1. The fourth-order valence-corrected chi connectivity index (χ4v) is 3.58. The number of hydrogen-bond acceptors (Lipinski definition) is 4. The predicted octanol–water partition coefficient (Wildman–Crippen LogP) is 4.29. The Morgan fingerprint density at radius 1 is 1.17 bits per heavy atom. The molecule has 1 aromatic rings. The molecule has 0 aromatic heterocycles. The second kappa shape index (κ2) is 15.7. The monoisotopic (exact) mass is 533 g/mol. The lowest BCUT2D eigenvalue weighted by Gasteiger charge is -2.34. The summed E-state index contributed by atoms with van der Waals surface area (Å²) in [6.07, 6.45) is 4.47. The first kappa shape index (κ1) is 27.0. The molecule has 1 saturated heterocycles. The summed E-state index contributed by atoms with van der Waals surface area (Å²) >= 11 is 0. The first-order valence-electron chi connectivity index (χ1n) is 11.0. The van der Waals surface area contributed by atoms with Gasteiger partial charge < -0.3 is 24.4 Å². The van der Waals surface area contributed by atoms with Gasteiger partial charge in [-0.3, -0.25) is 4.99 Å². The standard InChI is InChI=1S/C23H39N3O3.HI/c1-5-24-23(26-15-12-22(13-16-26)29-18-6-17-27-3)25-14-11-19(2)20-7-9-21(28-4)10-8-20;/h7-10,19,22H,5-6,11-18H2,1-4H3,(H,24,25);1H. The highest BCUT2D eigenvalue weighted by atomic mass is 127. The van der Waals surface area contributed by atoms with Crippen LogP contribution in [-0.4, -0.2) is 70.6 Å². The van der Waals surface area contributed by atoms with Crippen LogP contribution in [-0.2, 0) is 9.47 Å². The van der Waals surface area contributed by atoms with Crippen molar-refractivity contribution in [1.82, 2.24) is 10.2 Å². The van der Waals surface area contributed by atoms with Gasteiger partial charge in [0.2, 0.25) is 0 Å². The smallest absolute Gasteiger partial charge is 0.193 e. The number of aliphatic imine (C=N–C) groups is 1. The SMILES string of the molecule is CCNC(=NCCC(C)c1ccc(OC)cc1)N1CCC(OCCCOC)CC1.I. The molecule has 1 aliphatic heterocycles. The van der Waals surface area contributed by atoms with Crippen LogP contribution in [0.5, 0.6) is 5.75 Å². The summed E-state index contributed by atoms with van der Waals surface area (Å²) < 4.78 is 16.3. The molecule has 6 nitrogen and oxygen atoms in total. The number of piperidine rings is 1. The highest BCUT2D eigenvalue weighted by Crippen LogP contribution is 2.22. The lowest BCUT2D eigenvalue weighted by atomic mass is 9.98. The molecule has 2 rings (SSSR count). The minimum absolute atomic E-state index is 0. The van der Waals surface area contributed by atoms with E-state index in [1.807, 2.05) is 12.1 Å². The molecule has 0 radical (unpaired) electrons. The first-order chi connectivity index (χ1) is 14.2. The summed E-state index contributed by atoms with van der Waals surface area (Å²) in [5.41, 5.74) is 1.33. The van der Waals surface area contributed by atoms with Gasteiger partial charge in [-0.25, -0.2) is 0 Å². The first-order valence-corrected chi connectivity index (χ1v) is 11.0. The van der Waals surface area contributed by atoms with Crippen molar-refractivity contribution >= 4 is 29.9 Å². The van der Waals surface area contributed by atoms with Gasteiger partial charge in [0.05, 0.1) is 13.2 Å². The fraction of sp³-hybridized carbons (Fsp3) is 0.696. The van der Waals surface area contributed by atoms with Crippen molar-refractivity contribution in [3.63, 3.8) is 0 Å². The van der Waals surface area contributed by atoms with Gasteiger partial charge in [-0.1, -0.05) is 19.1 Å². The van der Waals surface area contributed by atoms with Crippen LogP contribution in [0.2, 0.25) is 0 Å². The molecule has 0 bridgehead atoms. The van der Waals surface area contributed by atoms with Crippen LogP contribution in [0.3, 0.4) is 0 Å². The number of nitrogens with zero attached hydrogens (tertiary/aromatic N) is 2. The molecule has 0 saturated carbocycles. The van der Waals surface area contributed by atoms with E-state index in [4.69, 9.17) is 19.2 Å². The number of benzene rings is 1. The van der Waals surface area contributed by atoms with Crippen LogP contribution in [0, 0.1) is 0 Å². The number of methoxy groups -OCH3 is 2. The Bertz CT molecular complexity index is 590. The number of hydrogen-bond donors (Lipinski definition) is 1. The number of nitrogens with one attached hydrogen (secondary N) is 1. The molecule has 0 amide bonds. The number of guanidine groups is 1. The highest BCUT2D eigenvalue weighted by molar-refractivity contribution is 14.0. The third-order valence-corrected chi connectivity index (χ3v) is 5.43. The zero-order valence-electron chi connectivity index (χ0n) is 19.1. The van der Waals surface area contributed by atoms with Crippen molar-refractivity contribution in [2.45, 2.75) is 51.6 Å². The molecule has 7 heteroatoms. The van der Waals surface area contributed by atoms with E-state index in [1.165, 1.54) is 5.56 Å². The van der Waals surface area contributed by atoms with E-state index in [0.717, 1.165) is 76.8 Å². The lowest BCUT2D eigenvalue weighted by Crippen LogP contribution is -2.47. The summed E-state index contributed by atoms with van der Waals surface area (Å²) in [5.74, 6) is 2.41. The average Bonchev–Trinajstić information content (AvgIpc) is 2.76. The van der Waals surface area contributed by atoms with Gasteiger partial charge in [-0.15, -0.1) is 24.0 Å². The molecule has 1 heterocycles. The highest BCUT2D eigenvalue weighted by Gasteiger charge is 2.21. The van der Waals surface area contributed by atoms with E-state index >= 15 is 0 Å². The third-order valence-electron chi connectivity index (χ3n) is 5.43. The molecular formula is C23H40IN3O3. The molecule has 172 valence electrons. The summed E-state index contributed by atoms with van der Waals surface area (Å²) in [4.78, 5) is 7.27. The molecule has 1 atom stereocenters. The topological polar surface area (TPSA) is 55.3 Å². The van der Waals surface area contributed by atoms with Gasteiger partial charge in [0.1, 0.15) is 5.75 Å². The van der Waals surface area contributed by atoms with Crippen LogP contribution in [0.25, 0.3) is 0 Å². The van der Waals surface area contributed by atoms with Gasteiger partial charge in [0.25, 0.3) is 0 Å².